The van der Waals surface area contributed by atoms with E-state index in [1.54, 1.807) is 0 Å². The average molecular weight is 390 g/mol. The fourth-order valence-electron chi connectivity index (χ4n) is 7.47. The van der Waals surface area contributed by atoms with E-state index < -0.39 is 5.60 Å². The zero-order valence-corrected chi connectivity index (χ0v) is 17.1. The maximum absolute atomic E-state index is 13.1. The molecule has 4 bridgehead atoms. The fraction of sp³-hybridized carbons (Fsp3) is 0.909. The van der Waals surface area contributed by atoms with Crippen LogP contribution in [0.25, 0.3) is 0 Å². The van der Waals surface area contributed by atoms with Gasteiger partial charge in [0.15, 0.2) is 0 Å². The first-order chi connectivity index (χ1) is 13.4. The van der Waals surface area contributed by atoms with Gasteiger partial charge in [-0.05, 0) is 75.0 Å². The molecule has 2 aliphatic heterocycles. The van der Waals surface area contributed by atoms with Crippen LogP contribution < -0.4 is 0 Å². The minimum Gasteiger partial charge on any atom is -0.390 e. The second kappa shape index (κ2) is 6.89. The van der Waals surface area contributed by atoms with Gasteiger partial charge in [-0.1, -0.05) is 0 Å². The summed E-state index contributed by atoms with van der Waals surface area (Å²) in [5, 5.41) is 10.9. The summed E-state index contributed by atoms with van der Waals surface area (Å²) in [6.45, 7) is 4.39. The second-order valence-electron chi connectivity index (χ2n) is 10.6. The van der Waals surface area contributed by atoms with E-state index in [9.17, 15) is 14.7 Å². The summed E-state index contributed by atoms with van der Waals surface area (Å²) in [7, 11) is 0. The molecule has 0 aromatic rings. The van der Waals surface area contributed by atoms with E-state index >= 15 is 0 Å². The zero-order chi connectivity index (χ0) is 19.4. The summed E-state index contributed by atoms with van der Waals surface area (Å²) < 4.78 is 0. The topological polar surface area (TPSA) is 64.1 Å². The summed E-state index contributed by atoms with van der Waals surface area (Å²) >= 11 is 0. The van der Waals surface area contributed by atoms with E-state index in [0.717, 1.165) is 58.0 Å². The van der Waals surface area contributed by atoms with Crippen LogP contribution in [0.5, 0.6) is 0 Å². The van der Waals surface area contributed by atoms with Crippen LogP contribution in [-0.4, -0.2) is 76.6 Å². The monoisotopic (exact) mass is 389 g/mol. The lowest BCUT2D eigenvalue weighted by atomic mass is 9.47. The first-order valence-corrected chi connectivity index (χ1v) is 11.5. The molecule has 2 unspecified atom stereocenters. The number of amides is 3. The highest BCUT2D eigenvalue weighted by atomic mass is 16.3. The van der Waals surface area contributed by atoms with Crippen LogP contribution in [0.15, 0.2) is 0 Å². The number of piperazine rings is 1. The number of carbonyl (C=O) groups is 2. The minimum atomic E-state index is -0.496. The van der Waals surface area contributed by atoms with Crippen molar-refractivity contribution >= 4 is 11.9 Å². The van der Waals surface area contributed by atoms with Gasteiger partial charge in [0, 0.05) is 45.7 Å². The van der Waals surface area contributed by atoms with Gasteiger partial charge in [0.1, 0.15) is 0 Å². The Balaban J connectivity index is 1.16. The molecule has 2 saturated heterocycles. The fourth-order valence-corrected chi connectivity index (χ4v) is 7.47. The average Bonchev–Trinajstić information content (AvgIpc) is 2.66. The third kappa shape index (κ3) is 3.42. The molecular weight excluding hydrogens is 354 g/mol. The summed E-state index contributed by atoms with van der Waals surface area (Å²) in [5.41, 5.74) is -0.458. The van der Waals surface area contributed by atoms with E-state index in [1.165, 1.54) is 12.8 Å². The van der Waals surface area contributed by atoms with Crippen LogP contribution in [0.2, 0.25) is 0 Å². The molecule has 28 heavy (non-hydrogen) atoms. The zero-order valence-electron chi connectivity index (χ0n) is 17.1. The quantitative estimate of drug-likeness (QED) is 0.789. The highest BCUT2D eigenvalue weighted by Crippen LogP contribution is 2.62. The van der Waals surface area contributed by atoms with Crippen LogP contribution in [0.1, 0.15) is 64.2 Å². The Labute approximate surface area is 168 Å². The lowest BCUT2D eigenvalue weighted by molar-refractivity contribution is -0.172. The van der Waals surface area contributed by atoms with Crippen molar-refractivity contribution in [2.75, 3.05) is 39.3 Å². The third-order valence-corrected chi connectivity index (χ3v) is 8.21. The Hall–Kier alpha value is -1.30. The largest absolute Gasteiger partial charge is 0.390 e. The van der Waals surface area contributed by atoms with Crippen molar-refractivity contribution in [3.8, 4) is 0 Å². The Morgan fingerprint density at radius 3 is 1.96 bits per heavy atom. The molecular formula is C22H35N3O3. The molecule has 156 valence electrons. The van der Waals surface area contributed by atoms with Crippen molar-refractivity contribution in [2.45, 2.75) is 69.8 Å². The lowest BCUT2D eigenvalue weighted by Gasteiger charge is -2.60. The predicted molar refractivity (Wildman–Crippen MR) is 106 cm³/mol. The van der Waals surface area contributed by atoms with Crippen LogP contribution in [0.4, 0.5) is 4.79 Å². The number of hydrogen-bond donors (Lipinski definition) is 1. The molecule has 1 N–H and O–H groups in total. The van der Waals surface area contributed by atoms with Gasteiger partial charge in [-0.2, -0.15) is 0 Å². The molecule has 2 atom stereocenters. The third-order valence-electron chi connectivity index (χ3n) is 8.21. The highest BCUT2D eigenvalue weighted by Gasteiger charge is 2.57. The summed E-state index contributed by atoms with van der Waals surface area (Å²) in [5.74, 6) is 1.49. The van der Waals surface area contributed by atoms with Gasteiger partial charge in [-0.25, -0.2) is 4.79 Å². The summed E-state index contributed by atoms with van der Waals surface area (Å²) in [6, 6.07) is 0.162. The maximum Gasteiger partial charge on any atom is 0.320 e. The van der Waals surface area contributed by atoms with E-state index in [2.05, 4.69) is 0 Å². The van der Waals surface area contributed by atoms with Gasteiger partial charge in [0.25, 0.3) is 0 Å². The number of hydrogen-bond acceptors (Lipinski definition) is 3. The van der Waals surface area contributed by atoms with Gasteiger partial charge in [0.2, 0.25) is 5.91 Å². The Morgan fingerprint density at radius 2 is 1.36 bits per heavy atom. The standard InChI is InChI=1S/C22H35N3O3/c26-19(15-21-11-17-10-18(12-21)14-22(28,13-17)16-21)23-6-8-25(9-7-23)20(27)24-4-2-1-3-5-24/h17-18,28H,1-16H2. The Bertz CT molecular complexity index is 623. The Kier molecular flexibility index (Phi) is 4.61. The Morgan fingerprint density at radius 1 is 0.786 bits per heavy atom. The van der Waals surface area contributed by atoms with E-state index in [1.807, 2.05) is 14.7 Å². The first-order valence-electron chi connectivity index (χ1n) is 11.5. The molecule has 6 rings (SSSR count). The molecule has 6 nitrogen and oxygen atoms in total. The van der Waals surface area contributed by atoms with Crippen molar-refractivity contribution in [3.05, 3.63) is 0 Å². The van der Waals surface area contributed by atoms with Crippen molar-refractivity contribution in [3.63, 3.8) is 0 Å². The molecule has 4 aliphatic carbocycles. The van der Waals surface area contributed by atoms with E-state index in [0.29, 0.717) is 44.4 Å². The summed E-state index contributed by atoms with van der Waals surface area (Å²) in [4.78, 5) is 31.7. The van der Waals surface area contributed by atoms with Gasteiger partial charge in [0.05, 0.1) is 5.60 Å². The minimum absolute atomic E-state index is 0.0384. The van der Waals surface area contributed by atoms with Crippen molar-refractivity contribution < 1.29 is 14.7 Å². The maximum atomic E-state index is 13.1. The molecule has 0 spiro atoms. The number of aliphatic hydroxyl groups is 1. The second-order valence-corrected chi connectivity index (χ2v) is 10.6. The van der Waals surface area contributed by atoms with Gasteiger partial charge < -0.3 is 19.8 Å². The number of nitrogens with zero attached hydrogens (tertiary/aromatic N) is 3. The predicted octanol–water partition coefficient (Wildman–Crippen LogP) is 2.46. The van der Waals surface area contributed by atoms with Crippen molar-refractivity contribution in [1.82, 2.24) is 14.7 Å². The van der Waals surface area contributed by atoms with Gasteiger partial charge in [-0.3, -0.25) is 4.79 Å². The van der Waals surface area contributed by atoms with Gasteiger partial charge >= 0.3 is 6.03 Å². The lowest BCUT2D eigenvalue weighted by Crippen LogP contribution is -2.58. The number of carbonyl (C=O) groups excluding carboxylic acids is 2. The number of urea groups is 1. The molecule has 4 saturated carbocycles. The van der Waals surface area contributed by atoms with Crippen LogP contribution in [-0.2, 0) is 4.79 Å². The molecule has 6 aliphatic rings. The van der Waals surface area contributed by atoms with Crippen molar-refractivity contribution in [2.24, 2.45) is 17.3 Å². The number of piperidine rings is 1. The first kappa shape index (κ1) is 18.7. The van der Waals surface area contributed by atoms with Gasteiger partial charge in [-0.15, -0.1) is 0 Å². The SMILES string of the molecule is O=C(CC12CC3CC(CC(O)(C3)C1)C2)N1CCN(C(=O)N2CCCCC2)CC1. The molecule has 6 heteroatoms. The highest BCUT2D eigenvalue weighted by molar-refractivity contribution is 5.78. The van der Waals surface area contributed by atoms with Crippen molar-refractivity contribution in [1.29, 1.82) is 0 Å². The van der Waals surface area contributed by atoms with Crippen LogP contribution in [0.3, 0.4) is 0 Å². The van der Waals surface area contributed by atoms with Crippen LogP contribution in [0, 0.1) is 17.3 Å². The summed E-state index contributed by atoms with van der Waals surface area (Å²) in [6.07, 6.45) is 10.3. The van der Waals surface area contributed by atoms with E-state index in [-0.39, 0.29) is 17.4 Å². The smallest absolute Gasteiger partial charge is 0.320 e. The molecule has 0 aromatic carbocycles. The normalized spacial score (nSPS) is 40.1. The van der Waals surface area contributed by atoms with E-state index in [4.69, 9.17) is 0 Å². The number of rotatable bonds is 2. The van der Waals surface area contributed by atoms with Crippen LogP contribution >= 0.6 is 0 Å². The molecule has 3 amide bonds. The molecule has 2 heterocycles. The molecule has 0 aromatic heterocycles. The molecule has 6 fully saturated rings. The molecule has 0 radical (unpaired) electrons. The number of likely N-dealkylation sites (tertiary alicyclic amines) is 1.